The van der Waals surface area contributed by atoms with Crippen LogP contribution in [-0.4, -0.2) is 34.1 Å². The van der Waals surface area contributed by atoms with Crippen LogP contribution in [0.3, 0.4) is 0 Å². The molecule has 1 aromatic carbocycles. The number of phenolic OH excluding ortho intramolecular Hbond substituents is 1. The lowest BCUT2D eigenvalue weighted by molar-refractivity contribution is -0.126. The number of phenols is 1. The van der Waals surface area contributed by atoms with Crippen LogP contribution in [0.15, 0.2) is 23.8 Å². The number of hydrogen-bond acceptors (Lipinski definition) is 5. The highest BCUT2D eigenvalue weighted by Gasteiger charge is 2.21. The molecule has 0 saturated carbocycles. The van der Waals surface area contributed by atoms with E-state index in [0.29, 0.717) is 13.1 Å². The molecule has 1 aromatic rings. The molecule has 6 heteroatoms. The molecule has 0 heterocycles. The maximum atomic E-state index is 12.1. The zero-order chi connectivity index (χ0) is 16.0. The van der Waals surface area contributed by atoms with E-state index in [9.17, 15) is 15.0 Å². The maximum Gasteiger partial charge on any atom is 0.268 e. The number of hydrogen-bond donors (Lipinski definition) is 2. The van der Waals surface area contributed by atoms with Gasteiger partial charge in [-0.25, -0.2) is 0 Å². The molecule has 6 nitrogen and oxygen atoms in total. The minimum Gasteiger partial charge on any atom is -0.507 e. The predicted octanol–water partition coefficient (Wildman–Crippen LogP) is 1.92. The third kappa shape index (κ3) is 3.31. The first-order valence-corrected chi connectivity index (χ1v) is 6.36. The number of amides is 1. The summed E-state index contributed by atoms with van der Waals surface area (Å²) >= 11 is 0. The number of carbonyl (C=O) groups excluding carboxylic acids is 1. The van der Waals surface area contributed by atoms with Gasteiger partial charge in [0.25, 0.3) is 5.91 Å². The van der Waals surface area contributed by atoms with Gasteiger partial charge in [0.05, 0.1) is 5.56 Å². The number of aliphatic hydroxyl groups is 1. The van der Waals surface area contributed by atoms with E-state index in [-0.39, 0.29) is 16.9 Å². The number of benzene rings is 1. The number of aliphatic hydroxyl groups excluding tert-OH is 1. The minimum absolute atomic E-state index is 0.0494. The average molecular weight is 285 g/mol. The van der Waals surface area contributed by atoms with Crippen LogP contribution in [-0.2, 0) is 4.79 Å². The van der Waals surface area contributed by atoms with Gasteiger partial charge in [0.1, 0.15) is 23.6 Å². The smallest absolute Gasteiger partial charge is 0.268 e. The van der Waals surface area contributed by atoms with Gasteiger partial charge in [-0.05, 0) is 32.0 Å². The molecule has 21 heavy (non-hydrogen) atoms. The molecule has 0 aliphatic rings. The highest BCUT2D eigenvalue weighted by molar-refractivity contribution is 6.03. The van der Waals surface area contributed by atoms with Gasteiger partial charge >= 0.3 is 0 Å². The summed E-state index contributed by atoms with van der Waals surface area (Å²) in [6.45, 7) is 4.35. The van der Waals surface area contributed by atoms with Crippen LogP contribution in [0.25, 0.3) is 5.76 Å². The summed E-state index contributed by atoms with van der Waals surface area (Å²) in [5.41, 5.74) is -0.318. The van der Waals surface area contributed by atoms with Gasteiger partial charge in [-0.15, -0.1) is 0 Å². The van der Waals surface area contributed by atoms with Gasteiger partial charge in [0.15, 0.2) is 5.57 Å². The second kappa shape index (κ2) is 6.97. The Morgan fingerprint density at radius 2 is 1.90 bits per heavy atom. The van der Waals surface area contributed by atoms with E-state index < -0.39 is 17.2 Å². The van der Waals surface area contributed by atoms with Crippen LogP contribution in [0.1, 0.15) is 25.0 Å². The number of nitriles is 2. The van der Waals surface area contributed by atoms with Crippen molar-refractivity contribution in [3.8, 4) is 17.9 Å². The zero-order valence-corrected chi connectivity index (χ0v) is 11.8. The summed E-state index contributed by atoms with van der Waals surface area (Å²) in [5.74, 6) is -1.32. The van der Waals surface area contributed by atoms with E-state index in [0.717, 1.165) is 0 Å². The number of carbonyl (C=O) groups is 1. The molecule has 108 valence electrons. The number of nitrogens with zero attached hydrogens (tertiary/aromatic N) is 3. The quantitative estimate of drug-likeness (QED) is 0.499. The Morgan fingerprint density at radius 3 is 2.38 bits per heavy atom. The Morgan fingerprint density at radius 1 is 1.29 bits per heavy atom. The van der Waals surface area contributed by atoms with Crippen molar-refractivity contribution in [1.29, 1.82) is 10.5 Å². The molecular formula is C15H15N3O3. The van der Waals surface area contributed by atoms with Crippen LogP contribution >= 0.6 is 0 Å². The standard InChI is InChI=1S/C15H15N3O3/c1-3-18(4-2)15(21)12(9-17)14(20)10-5-6-13(19)11(7-10)8-16/h5-7,19-20H,3-4H2,1-2H3/b14-12-. The second-order valence-electron chi connectivity index (χ2n) is 4.16. The average Bonchev–Trinajstić information content (AvgIpc) is 2.49. The Hall–Kier alpha value is -2.99. The fraction of sp³-hybridized carbons (Fsp3) is 0.267. The van der Waals surface area contributed by atoms with Gasteiger partial charge in [0, 0.05) is 18.7 Å². The molecule has 0 spiro atoms. The lowest BCUT2D eigenvalue weighted by atomic mass is 10.0. The molecule has 0 fully saturated rings. The molecule has 1 rings (SSSR count). The van der Waals surface area contributed by atoms with Crippen molar-refractivity contribution in [3.63, 3.8) is 0 Å². The third-order valence-electron chi connectivity index (χ3n) is 3.00. The summed E-state index contributed by atoms with van der Waals surface area (Å²) in [7, 11) is 0. The first-order valence-electron chi connectivity index (χ1n) is 6.36. The van der Waals surface area contributed by atoms with Gasteiger partial charge in [-0.1, -0.05) is 0 Å². The number of likely N-dealkylation sites (N-methyl/N-ethyl adjacent to an activating group) is 1. The largest absolute Gasteiger partial charge is 0.507 e. The molecule has 0 unspecified atom stereocenters. The molecule has 2 N–H and O–H groups in total. The first kappa shape index (κ1) is 16.1. The van der Waals surface area contributed by atoms with Gasteiger partial charge < -0.3 is 15.1 Å². The summed E-state index contributed by atoms with van der Waals surface area (Å²) in [4.78, 5) is 13.5. The van der Waals surface area contributed by atoms with Crippen molar-refractivity contribution in [2.45, 2.75) is 13.8 Å². The monoisotopic (exact) mass is 285 g/mol. The molecule has 0 radical (unpaired) electrons. The van der Waals surface area contributed by atoms with Crippen LogP contribution in [0, 0.1) is 22.7 Å². The lowest BCUT2D eigenvalue weighted by Gasteiger charge is -2.18. The first-order chi connectivity index (χ1) is 9.99. The second-order valence-corrected chi connectivity index (χ2v) is 4.16. The lowest BCUT2D eigenvalue weighted by Crippen LogP contribution is -2.31. The summed E-state index contributed by atoms with van der Waals surface area (Å²) in [6, 6.07) is 7.23. The normalized spacial score (nSPS) is 11.0. The Balaban J connectivity index is 3.36. The van der Waals surface area contributed by atoms with Gasteiger partial charge in [-0.3, -0.25) is 4.79 Å². The highest BCUT2D eigenvalue weighted by Crippen LogP contribution is 2.23. The molecule has 1 amide bonds. The van der Waals surface area contributed by atoms with Gasteiger partial charge in [0.2, 0.25) is 0 Å². The van der Waals surface area contributed by atoms with Crippen LogP contribution in [0.2, 0.25) is 0 Å². The van der Waals surface area contributed by atoms with Crippen molar-refractivity contribution in [3.05, 3.63) is 34.9 Å². The number of aromatic hydroxyl groups is 1. The van der Waals surface area contributed by atoms with E-state index in [1.165, 1.54) is 23.1 Å². The molecule has 0 aliphatic heterocycles. The fourth-order valence-electron chi connectivity index (χ4n) is 1.79. The Kier molecular flexibility index (Phi) is 5.33. The third-order valence-corrected chi connectivity index (χ3v) is 3.00. The Labute approximate surface area is 122 Å². The van der Waals surface area contributed by atoms with Crippen molar-refractivity contribution < 1.29 is 15.0 Å². The minimum atomic E-state index is -0.577. The number of rotatable bonds is 4. The van der Waals surface area contributed by atoms with Crippen LogP contribution < -0.4 is 0 Å². The van der Waals surface area contributed by atoms with Gasteiger partial charge in [-0.2, -0.15) is 10.5 Å². The van der Waals surface area contributed by atoms with E-state index in [1.807, 2.05) is 0 Å². The molecular weight excluding hydrogens is 270 g/mol. The fourth-order valence-corrected chi connectivity index (χ4v) is 1.79. The summed E-state index contributed by atoms with van der Waals surface area (Å²) < 4.78 is 0. The van der Waals surface area contributed by atoms with Crippen molar-refractivity contribution in [1.82, 2.24) is 4.90 Å². The summed E-state index contributed by atoms with van der Waals surface area (Å²) in [6.07, 6.45) is 0. The molecule has 0 bridgehead atoms. The van der Waals surface area contributed by atoms with E-state index in [1.54, 1.807) is 26.0 Å². The molecule has 0 saturated heterocycles. The van der Waals surface area contributed by atoms with E-state index in [2.05, 4.69) is 0 Å². The van der Waals surface area contributed by atoms with E-state index >= 15 is 0 Å². The Bertz CT molecular complexity index is 662. The van der Waals surface area contributed by atoms with Crippen LogP contribution in [0.4, 0.5) is 0 Å². The van der Waals surface area contributed by atoms with Crippen LogP contribution in [0.5, 0.6) is 5.75 Å². The summed E-state index contributed by atoms with van der Waals surface area (Å²) in [5, 5.41) is 37.5. The zero-order valence-electron chi connectivity index (χ0n) is 11.8. The van der Waals surface area contributed by atoms with Crippen molar-refractivity contribution in [2.24, 2.45) is 0 Å². The molecule has 0 aliphatic carbocycles. The molecule has 0 aromatic heterocycles. The maximum absolute atomic E-state index is 12.1. The van der Waals surface area contributed by atoms with E-state index in [4.69, 9.17) is 10.5 Å². The SMILES string of the molecule is CCN(CC)C(=O)/C(C#N)=C(\O)c1ccc(O)c(C#N)c1. The van der Waals surface area contributed by atoms with Crippen molar-refractivity contribution in [2.75, 3.05) is 13.1 Å². The predicted molar refractivity (Wildman–Crippen MR) is 75.9 cm³/mol. The molecule has 0 atom stereocenters. The highest BCUT2D eigenvalue weighted by atomic mass is 16.3. The van der Waals surface area contributed by atoms with Crippen molar-refractivity contribution >= 4 is 11.7 Å². The topological polar surface area (TPSA) is 108 Å².